The second kappa shape index (κ2) is 5.99. The van der Waals surface area contributed by atoms with Crippen molar-refractivity contribution in [3.63, 3.8) is 0 Å². The zero-order chi connectivity index (χ0) is 14.8. The molecular weight excluding hydrogens is 240 g/mol. The first-order chi connectivity index (χ1) is 9.38. The van der Waals surface area contributed by atoms with Crippen LogP contribution in [0.25, 0.3) is 5.57 Å². The summed E-state index contributed by atoms with van der Waals surface area (Å²) in [6.45, 7) is 11.7. The standard InChI is InChI=1S/C20H28/c1-15-11-12-19(20(3,4)5)14-18(15)13-16(2)17-9-7-6-8-10-17/h6-10,13,19H,11-12,14H2,1-5H3/b16-13+. The third-order valence-corrected chi connectivity index (χ3v) is 4.73. The topological polar surface area (TPSA) is 0 Å². The lowest BCUT2D eigenvalue weighted by atomic mass is 9.70. The first-order valence-electron chi connectivity index (χ1n) is 7.80. The Morgan fingerprint density at radius 1 is 1.15 bits per heavy atom. The van der Waals surface area contributed by atoms with Crippen LogP contribution in [0, 0.1) is 11.3 Å². The molecule has 0 nitrogen and oxygen atoms in total. The van der Waals surface area contributed by atoms with Crippen LogP contribution in [0.1, 0.15) is 59.4 Å². The number of hydrogen-bond donors (Lipinski definition) is 0. The first kappa shape index (κ1) is 15.1. The molecule has 0 bridgehead atoms. The van der Waals surface area contributed by atoms with E-state index in [9.17, 15) is 0 Å². The van der Waals surface area contributed by atoms with E-state index in [1.165, 1.54) is 30.4 Å². The molecule has 0 aliphatic heterocycles. The van der Waals surface area contributed by atoms with E-state index in [1.807, 2.05) is 0 Å². The molecule has 2 rings (SSSR count). The Morgan fingerprint density at radius 2 is 1.80 bits per heavy atom. The van der Waals surface area contributed by atoms with Crippen molar-refractivity contribution in [2.75, 3.05) is 0 Å². The highest BCUT2D eigenvalue weighted by Crippen LogP contribution is 2.41. The monoisotopic (exact) mass is 268 g/mol. The van der Waals surface area contributed by atoms with Gasteiger partial charge in [-0.25, -0.2) is 0 Å². The molecule has 0 heteroatoms. The molecule has 0 aromatic heterocycles. The molecule has 108 valence electrons. The molecule has 0 radical (unpaired) electrons. The van der Waals surface area contributed by atoms with Crippen LogP contribution < -0.4 is 0 Å². The van der Waals surface area contributed by atoms with E-state index in [1.54, 1.807) is 11.1 Å². The lowest BCUT2D eigenvalue weighted by Gasteiger charge is -2.35. The van der Waals surface area contributed by atoms with Gasteiger partial charge >= 0.3 is 0 Å². The molecule has 1 unspecified atom stereocenters. The van der Waals surface area contributed by atoms with Gasteiger partial charge in [0.25, 0.3) is 0 Å². The Balaban J connectivity index is 2.23. The molecule has 1 aromatic rings. The lowest BCUT2D eigenvalue weighted by molar-refractivity contribution is 0.217. The van der Waals surface area contributed by atoms with E-state index >= 15 is 0 Å². The molecule has 0 fully saturated rings. The average molecular weight is 268 g/mol. The average Bonchev–Trinajstić information content (AvgIpc) is 2.41. The minimum absolute atomic E-state index is 0.417. The number of hydrogen-bond acceptors (Lipinski definition) is 0. The van der Waals surface area contributed by atoms with Crippen LogP contribution in [0.4, 0.5) is 0 Å². The SMILES string of the molecule is CC1=C(/C=C(\C)c2ccccc2)CC(C(C)(C)C)CC1. The highest BCUT2D eigenvalue weighted by molar-refractivity contribution is 5.66. The molecular formula is C20H28. The van der Waals surface area contributed by atoms with Crippen LogP contribution in [0.2, 0.25) is 0 Å². The predicted molar refractivity (Wildman–Crippen MR) is 89.6 cm³/mol. The molecule has 1 aliphatic carbocycles. The summed E-state index contributed by atoms with van der Waals surface area (Å²) in [5, 5.41) is 0. The molecule has 1 aliphatic rings. The summed E-state index contributed by atoms with van der Waals surface area (Å²) in [5.41, 5.74) is 6.29. The fourth-order valence-electron chi connectivity index (χ4n) is 3.06. The molecule has 0 N–H and O–H groups in total. The smallest absolute Gasteiger partial charge is 0.0227 e. The van der Waals surface area contributed by atoms with Crippen LogP contribution in [-0.4, -0.2) is 0 Å². The fraction of sp³-hybridized carbons (Fsp3) is 0.500. The summed E-state index contributed by atoms with van der Waals surface area (Å²) in [4.78, 5) is 0. The van der Waals surface area contributed by atoms with Crippen LogP contribution in [-0.2, 0) is 0 Å². The Hall–Kier alpha value is -1.30. The molecule has 1 atom stereocenters. The summed E-state index contributed by atoms with van der Waals surface area (Å²) in [7, 11) is 0. The van der Waals surface area contributed by atoms with Gasteiger partial charge in [0.1, 0.15) is 0 Å². The van der Waals surface area contributed by atoms with E-state index in [0.29, 0.717) is 5.41 Å². The summed E-state index contributed by atoms with van der Waals surface area (Å²) in [6.07, 6.45) is 6.26. The molecule has 0 heterocycles. The minimum atomic E-state index is 0.417. The van der Waals surface area contributed by atoms with Gasteiger partial charge in [0.15, 0.2) is 0 Å². The van der Waals surface area contributed by atoms with E-state index in [0.717, 1.165) is 5.92 Å². The van der Waals surface area contributed by atoms with Crippen LogP contribution in [0.5, 0.6) is 0 Å². The van der Waals surface area contributed by atoms with Crippen molar-refractivity contribution in [3.05, 3.63) is 53.1 Å². The number of rotatable bonds is 2. The van der Waals surface area contributed by atoms with Crippen LogP contribution in [0.15, 0.2) is 47.6 Å². The number of benzene rings is 1. The quantitative estimate of drug-likeness (QED) is 0.594. The summed E-state index contributed by atoms with van der Waals surface area (Å²) in [6, 6.07) is 10.7. The highest BCUT2D eigenvalue weighted by Gasteiger charge is 2.28. The van der Waals surface area contributed by atoms with E-state index < -0.39 is 0 Å². The Labute approximate surface area is 124 Å². The molecule has 0 saturated carbocycles. The van der Waals surface area contributed by atoms with Gasteiger partial charge in [-0.3, -0.25) is 0 Å². The highest BCUT2D eigenvalue weighted by atomic mass is 14.3. The molecule has 20 heavy (non-hydrogen) atoms. The summed E-state index contributed by atoms with van der Waals surface area (Å²) < 4.78 is 0. The summed E-state index contributed by atoms with van der Waals surface area (Å²) in [5.74, 6) is 0.807. The predicted octanol–water partition coefficient (Wildman–Crippen LogP) is 6.25. The van der Waals surface area contributed by atoms with Crippen molar-refractivity contribution < 1.29 is 0 Å². The van der Waals surface area contributed by atoms with Crippen LogP contribution in [0.3, 0.4) is 0 Å². The lowest BCUT2D eigenvalue weighted by Crippen LogP contribution is -2.23. The van der Waals surface area contributed by atoms with Gasteiger partial charge in [-0.15, -0.1) is 0 Å². The zero-order valence-electron chi connectivity index (χ0n) is 13.7. The third-order valence-electron chi connectivity index (χ3n) is 4.73. The van der Waals surface area contributed by atoms with E-state index in [-0.39, 0.29) is 0 Å². The molecule has 0 spiro atoms. The van der Waals surface area contributed by atoms with E-state index in [2.05, 4.69) is 71.0 Å². The molecule has 0 amide bonds. The maximum atomic E-state index is 2.42. The third kappa shape index (κ3) is 3.62. The second-order valence-corrected chi connectivity index (χ2v) is 7.30. The first-order valence-corrected chi connectivity index (χ1v) is 7.80. The second-order valence-electron chi connectivity index (χ2n) is 7.30. The van der Waals surface area contributed by atoms with Crippen molar-refractivity contribution in [3.8, 4) is 0 Å². The summed E-state index contributed by atoms with van der Waals surface area (Å²) >= 11 is 0. The van der Waals surface area contributed by atoms with Crippen molar-refractivity contribution in [1.29, 1.82) is 0 Å². The van der Waals surface area contributed by atoms with Gasteiger partial charge in [-0.05, 0) is 61.2 Å². The van der Waals surface area contributed by atoms with Gasteiger partial charge in [-0.2, -0.15) is 0 Å². The largest absolute Gasteiger partial charge is 0.0701 e. The van der Waals surface area contributed by atoms with Gasteiger partial charge in [0.05, 0.1) is 0 Å². The minimum Gasteiger partial charge on any atom is -0.0701 e. The van der Waals surface area contributed by atoms with Gasteiger partial charge < -0.3 is 0 Å². The Bertz CT molecular complexity index is 509. The Kier molecular flexibility index (Phi) is 4.52. The van der Waals surface area contributed by atoms with Crippen molar-refractivity contribution in [2.45, 2.75) is 53.9 Å². The fourth-order valence-corrected chi connectivity index (χ4v) is 3.06. The molecule has 1 aromatic carbocycles. The van der Waals surface area contributed by atoms with Gasteiger partial charge in [-0.1, -0.05) is 62.8 Å². The zero-order valence-corrected chi connectivity index (χ0v) is 13.7. The molecule has 0 saturated heterocycles. The van der Waals surface area contributed by atoms with Gasteiger partial charge in [0.2, 0.25) is 0 Å². The van der Waals surface area contributed by atoms with Crippen molar-refractivity contribution >= 4 is 5.57 Å². The number of allylic oxidation sites excluding steroid dienone is 4. The van der Waals surface area contributed by atoms with Gasteiger partial charge in [0, 0.05) is 0 Å². The maximum Gasteiger partial charge on any atom is -0.0227 e. The normalized spacial score (nSPS) is 21.2. The Morgan fingerprint density at radius 3 is 2.40 bits per heavy atom. The maximum absolute atomic E-state index is 2.42. The van der Waals surface area contributed by atoms with E-state index in [4.69, 9.17) is 0 Å². The van der Waals surface area contributed by atoms with Crippen molar-refractivity contribution in [1.82, 2.24) is 0 Å². The van der Waals surface area contributed by atoms with Crippen LogP contribution >= 0.6 is 0 Å². The van der Waals surface area contributed by atoms with Crippen molar-refractivity contribution in [2.24, 2.45) is 11.3 Å².